The highest BCUT2D eigenvalue weighted by Gasteiger charge is 2.63. The van der Waals surface area contributed by atoms with Gasteiger partial charge >= 0.3 is 0 Å². The molecule has 116 valence electrons. The summed E-state index contributed by atoms with van der Waals surface area (Å²) in [6.45, 7) is 3.38. The molecule has 0 N–H and O–H groups in total. The van der Waals surface area contributed by atoms with Gasteiger partial charge in [-0.1, -0.05) is 37.3 Å². The number of fused-ring (bicyclic) bond motifs is 2. The first-order chi connectivity index (χ1) is 10.2. The molecular formula is C17H24O4. The van der Waals surface area contributed by atoms with Crippen LogP contribution in [0.5, 0.6) is 0 Å². The molecule has 0 amide bonds. The largest absolute Gasteiger partial charge is 0.378 e. The van der Waals surface area contributed by atoms with Gasteiger partial charge in [-0.3, -0.25) is 0 Å². The van der Waals surface area contributed by atoms with E-state index in [9.17, 15) is 0 Å². The lowest BCUT2D eigenvalue weighted by atomic mass is 9.96. The lowest BCUT2D eigenvalue weighted by molar-refractivity contribution is -0.216. The molecule has 2 fully saturated rings. The summed E-state index contributed by atoms with van der Waals surface area (Å²) < 4.78 is 23.3. The predicted molar refractivity (Wildman–Crippen MR) is 78.8 cm³/mol. The van der Waals surface area contributed by atoms with Crippen molar-refractivity contribution in [1.82, 2.24) is 0 Å². The van der Waals surface area contributed by atoms with E-state index in [0.717, 1.165) is 6.42 Å². The third-order valence-corrected chi connectivity index (χ3v) is 4.80. The van der Waals surface area contributed by atoms with Crippen molar-refractivity contribution in [3.63, 3.8) is 0 Å². The Labute approximate surface area is 126 Å². The molecular weight excluding hydrogens is 268 g/mol. The number of hydrogen-bond donors (Lipinski definition) is 0. The lowest BCUT2D eigenvalue weighted by Crippen LogP contribution is -2.43. The van der Waals surface area contributed by atoms with Gasteiger partial charge < -0.3 is 18.9 Å². The molecule has 3 rings (SSSR count). The van der Waals surface area contributed by atoms with Crippen molar-refractivity contribution in [2.45, 2.75) is 37.9 Å². The van der Waals surface area contributed by atoms with Crippen LogP contribution in [0.1, 0.15) is 18.9 Å². The quantitative estimate of drug-likeness (QED) is 0.807. The summed E-state index contributed by atoms with van der Waals surface area (Å²) in [6, 6.07) is 10.2. The highest BCUT2D eigenvalue weighted by atomic mass is 16.7. The van der Waals surface area contributed by atoms with Crippen molar-refractivity contribution in [2.24, 2.45) is 11.8 Å². The van der Waals surface area contributed by atoms with Crippen LogP contribution in [-0.2, 0) is 25.6 Å². The fraction of sp³-hybridized carbons (Fsp3) is 0.647. The maximum atomic E-state index is 6.14. The molecule has 2 bridgehead atoms. The monoisotopic (exact) mass is 292 g/mol. The SMILES string of the molecule is CO[C@@H]1O[C@@]2(COCc3ccccc3)CC(C)[C@@H]1[C@@H]2OC. The summed E-state index contributed by atoms with van der Waals surface area (Å²) in [4.78, 5) is 0. The zero-order valence-electron chi connectivity index (χ0n) is 13.0. The topological polar surface area (TPSA) is 36.9 Å². The van der Waals surface area contributed by atoms with Crippen molar-refractivity contribution in [2.75, 3.05) is 20.8 Å². The van der Waals surface area contributed by atoms with Crippen LogP contribution in [0.3, 0.4) is 0 Å². The van der Waals surface area contributed by atoms with Crippen LogP contribution in [0.25, 0.3) is 0 Å². The summed E-state index contributed by atoms with van der Waals surface area (Å²) >= 11 is 0. The van der Waals surface area contributed by atoms with E-state index >= 15 is 0 Å². The molecule has 5 atom stereocenters. The van der Waals surface area contributed by atoms with Crippen LogP contribution in [-0.4, -0.2) is 38.8 Å². The minimum atomic E-state index is -0.367. The van der Waals surface area contributed by atoms with Crippen LogP contribution < -0.4 is 0 Å². The Balaban J connectivity index is 1.65. The van der Waals surface area contributed by atoms with Gasteiger partial charge in [-0.15, -0.1) is 0 Å². The van der Waals surface area contributed by atoms with Gasteiger partial charge in [0.25, 0.3) is 0 Å². The molecule has 0 radical (unpaired) electrons. The van der Waals surface area contributed by atoms with Gasteiger partial charge in [0.2, 0.25) is 0 Å². The Hall–Kier alpha value is -0.940. The molecule has 21 heavy (non-hydrogen) atoms. The summed E-state index contributed by atoms with van der Waals surface area (Å²) in [7, 11) is 3.45. The summed E-state index contributed by atoms with van der Waals surface area (Å²) in [5, 5.41) is 0. The fourth-order valence-electron chi connectivity index (χ4n) is 3.95. The Bertz CT molecular complexity index is 463. The maximum Gasteiger partial charge on any atom is 0.163 e. The maximum absolute atomic E-state index is 6.14. The van der Waals surface area contributed by atoms with Gasteiger partial charge in [0, 0.05) is 20.1 Å². The molecule has 1 aromatic rings. The first-order valence-electron chi connectivity index (χ1n) is 7.55. The number of rotatable bonds is 6. The molecule has 0 spiro atoms. The van der Waals surface area contributed by atoms with Crippen LogP contribution in [0.2, 0.25) is 0 Å². The zero-order valence-corrected chi connectivity index (χ0v) is 13.0. The third-order valence-electron chi connectivity index (χ3n) is 4.80. The number of methoxy groups -OCH3 is 2. The van der Waals surface area contributed by atoms with E-state index in [1.807, 2.05) is 18.2 Å². The molecule has 0 aromatic heterocycles. The van der Waals surface area contributed by atoms with Gasteiger partial charge in [0.1, 0.15) is 5.60 Å². The van der Waals surface area contributed by atoms with Crippen molar-refractivity contribution >= 4 is 0 Å². The smallest absolute Gasteiger partial charge is 0.163 e. The summed E-state index contributed by atoms with van der Waals surface area (Å²) in [6.07, 6.45) is 0.831. The molecule has 1 unspecified atom stereocenters. The van der Waals surface area contributed by atoms with Crippen molar-refractivity contribution in [3.05, 3.63) is 35.9 Å². The molecule has 4 heteroatoms. The molecule has 1 saturated carbocycles. The molecule has 1 saturated heterocycles. The molecule has 4 nitrogen and oxygen atoms in total. The van der Waals surface area contributed by atoms with E-state index in [2.05, 4.69) is 19.1 Å². The Morgan fingerprint density at radius 2 is 1.95 bits per heavy atom. The van der Waals surface area contributed by atoms with Gasteiger partial charge in [-0.25, -0.2) is 0 Å². The minimum absolute atomic E-state index is 0.0493. The number of ether oxygens (including phenoxy) is 4. The van der Waals surface area contributed by atoms with Crippen LogP contribution in [0, 0.1) is 11.8 Å². The van der Waals surface area contributed by atoms with Crippen LogP contribution in [0.4, 0.5) is 0 Å². The average Bonchev–Trinajstić information content (AvgIpc) is 2.96. The molecule has 1 aromatic carbocycles. The Morgan fingerprint density at radius 3 is 2.62 bits per heavy atom. The predicted octanol–water partition coefficient (Wildman–Crippen LogP) is 2.62. The average molecular weight is 292 g/mol. The van der Waals surface area contributed by atoms with E-state index in [-0.39, 0.29) is 18.0 Å². The van der Waals surface area contributed by atoms with Gasteiger partial charge in [-0.2, -0.15) is 0 Å². The standard InChI is InChI=1S/C17H24O4/c1-12-9-17(11-20-10-13-7-5-4-6-8-13)15(18-2)14(12)16(19-3)21-17/h4-8,12,14-16H,9-11H2,1-3H3/t12?,14-,15+,16-,17-/m1/s1. The second-order valence-corrected chi connectivity index (χ2v) is 6.18. The molecule has 1 heterocycles. The van der Waals surface area contributed by atoms with Crippen LogP contribution in [0.15, 0.2) is 30.3 Å². The van der Waals surface area contributed by atoms with Crippen LogP contribution >= 0.6 is 0 Å². The van der Waals surface area contributed by atoms with Crippen molar-refractivity contribution < 1.29 is 18.9 Å². The molecule has 2 aliphatic rings. The van der Waals surface area contributed by atoms with Gasteiger partial charge in [-0.05, 0) is 17.9 Å². The third kappa shape index (κ3) is 2.61. The van der Waals surface area contributed by atoms with E-state index in [1.165, 1.54) is 5.56 Å². The number of hydrogen-bond acceptors (Lipinski definition) is 4. The van der Waals surface area contributed by atoms with Crippen molar-refractivity contribution in [3.8, 4) is 0 Å². The fourth-order valence-corrected chi connectivity index (χ4v) is 3.95. The summed E-state index contributed by atoms with van der Waals surface area (Å²) in [5.74, 6) is 0.814. The van der Waals surface area contributed by atoms with E-state index in [4.69, 9.17) is 18.9 Å². The highest BCUT2D eigenvalue weighted by molar-refractivity contribution is 5.14. The second-order valence-electron chi connectivity index (χ2n) is 6.18. The Kier molecular flexibility index (Phi) is 4.31. The molecule has 1 aliphatic carbocycles. The Morgan fingerprint density at radius 1 is 1.19 bits per heavy atom. The van der Waals surface area contributed by atoms with Gasteiger partial charge in [0.05, 0.1) is 19.3 Å². The highest BCUT2D eigenvalue weighted by Crippen LogP contribution is 2.53. The first-order valence-corrected chi connectivity index (χ1v) is 7.55. The minimum Gasteiger partial charge on any atom is -0.378 e. The van der Waals surface area contributed by atoms with E-state index < -0.39 is 0 Å². The van der Waals surface area contributed by atoms with Gasteiger partial charge in [0.15, 0.2) is 6.29 Å². The van der Waals surface area contributed by atoms with E-state index in [0.29, 0.717) is 25.0 Å². The summed E-state index contributed by atoms with van der Waals surface area (Å²) in [5.41, 5.74) is 0.806. The lowest BCUT2D eigenvalue weighted by Gasteiger charge is -2.33. The second kappa shape index (κ2) is 6.05. The first kappa shape index (κ1) is 15.0. The zero-order chi connectivity index (χ0) is 14.9. The normalized spacial score (nSPS) is 38.0. The molecule has 1 aliphatic heterocycles. The number of benzene rings is 1. The van der Waals surface area contributed by atoms with E-state index in [1.54, 1.807) is 14.2 Å². The van der Waals surface area contributed by atoms with Crippen molar-refractivity contribution in [1.29, 1.82) is 0 Å².